The second-order valence-corrected chi connectivity index (χ2v) is 11.1. The van der Waals surface area contributed by atoms with Gasteiger partial charge in [0.1, 0.15) is 18.1 Å². The van der Waals surface area contributed by atoms with Crippen LogP contribution in [0.4, 0.5) is 0 Å². The molecule has 0 aliphatic heterocycles. The molecule has 36 heavy (non-hydrogen) atoms. The molecular weight excluding hydrogens is 436 g/mol. The van der Waals surface area contributed by atoms with E-state index in [9.17, 15) is 0 Å². The maximum Gasteiger partial charge on any atom is 0.261 e. The summed E-state index contributed by atoms with van der Waals surface area (Å²) >= 11 is 0. The van der Waals surface area contributed by atoms with Crippen molar-refractivity contribution in [3.63, 3.8) is 0 Å². The lowest BCUT2D eigenvalue weighted by Gasteiger charge is -2.06. The highest BCUT2D eigenvalue weighted by atomic mass is 15.1. The molecule has 0 saturated carbocycles. The fourth-order valence-corrected chi connectivity index (χ4v) is 5.47. The fourth-order valence-electron chi connectivity index (χ4n) is 5.47. The fraction of sp³-hybridized carbons (Fsp3) is 0.735. The van der Waals surface area contributed by atoms with Crippen LogP contribution in [-0.2, 0) is 13.0 Å². The van der Waals surface area contributed by atoms with Crippen molar-refractivity contribution < 1.29 is 4.57 Å². The third-order valence-corrected chi connectivity index (χ3v) is 7.80. The van der Waals surface area contributed by atoms with Crippen molar-refractivity contribution in [2.45, 2.75) is 162 Å². The summed E-state index contributed by atoms with van der Waals surface area (Å²) in [4.78, 5) is 0. The van der Waals surface area contributed by atoms with Crippen molar-refractivity contribution in [1.29, 1.82) is 0 Å². The Balaban J connectivity index is 1.52. The van der Waals surface area contributed by atoms with Gasteiger partial charge in [-0.05, 0) is 31.4 Å². The van der Waals surface area contributed by atoms with Gasteiger partial charge in [0.2, 0.25) is 0 Å². The van der Waals surface area contributed by atoms with Crippen LogP contribution in [0.15, 0.2) is 42.7 Å². The first-order valence-corrected chi connectivity index (χ1v) is 16.0. The molecule has 2 nitrogen and oxygen atoms in total. The first-order valence-electron chi connectivity index (χ1n) is 16.0. The molecule has 0 fully saturated rings. The minimum absolute atomic E-state index is 1.17. The van der Waals surface area contributed by atoms with Gasteiger partial charge in [-0.2, -0.15) is 4.57 Å². The quantitative estimate of drug-likeness (QED) is 0.101. The van der Waals surface area contributed by atoms with Crippen LogP contribution in [0.2, 0.25) is 0 Å². The number of imidazole rings is 1. The van der Waals surface area contributed by atoms with Gasteiger partial charge >= 0.3 is 0 Å². The zero-order chi connectivity index (χ0) is 25.5. The van der Waals surface area contributed by atoms with Crippen molar-refractivity contribution in [2.24, 2.45) is 0 Å². The first-order chi connectivity index (χ1) is 17.9. The molecule has 0 atom stereocenters. The Labute approximate surface area is 224 Å². The summed E-state index contributed by atoms with van der Waals surface area (Å²) in [5.41, 5.74) is 1.30. The van der Waals surface area contributed by atoms with E-state index in [-0.39, 0.29) is 0 Å². The van der Waals surface area contributed by atoms with Crippen molar-refractivity contribution in [3.8, 4) is 5.69 Å². The van der Waals surface area contributed by atoms with Gasteiger partial charge in [-0.1, -0.05) is 148 Å². The van der Waals surface area contributed by atoms with Gasteiger partial charge in [-0.25, -0.2) is 4.57 Å². The van der Waals surface area contributed by atoms with Gasteiger partial charge < -0.3 is 0 Å². The molecule has 2 rings (SSSR count). The second kappa shape index (κ2) is 21.5. The molecule has 0 bridgehead atoms. The number of aromatic nitrogens is 2. The lowest BCUT2D eigenvalue weighted by atomic mass is 10.0. The topological polar surface area (TPSA) is 8.81 Å². The molecule has 1 heterocycles. The number of aryl methyl sites for hydroxylation is 1. The second-order valence-electron chi connectivity index (χ2n) is 11.1. The Hall–Kier alpha value is -1.57. The summed E-state index contributed by atoms with van der Waals surface area (Å²) in [6.45, 7) is 5.77. The minimum Gasteiger partial charge on any atom is -0.234 e. The van der Waals surface area contributed by atoms with E-state index in [1.54, 1.807) is 0 Å². The highest BCUT2D eigenvalue weighted by molar-refractivity contribution is 5.31. The number of hydrogen-bond acceptors (Lipinski definition) is 0. The molecule has 0 aliphatic carbocycles. The average molecular weight is 496 g/mol. The van der Waals surface area contributed by atoms with E-state index in [0.717, 1.165) is 0 Å². The molecular formula is C34H59N2+. The van der Waals surface area contributed by atoms with E-state index in [2.05, 4.69) is 65.7 Å². The number of rotatable bonds is 24. The van der Waals surface area contributed by atoms with Crippen molar-refractivity contribution in [2.75, 3.05) is 0 Å². The molecule has 0 radical (unpaired) electrons. The van der Waals surface area contributed by atoms with Crippen LogP contribution < -0.4 is 4.57 Å². The molecule has 204 valence electrons. The molecule has 2 heteroatoms. The lowest BCUT2D eigenvalue weighted by Crippen LogP contribution is -2.37. The van der Waals surface area contributed by atoms with E-state index in [1.165, 1.54) is 159 Å². The first kappa shape index (κ1) is 30.7. The Morgan fingerprint density at radius 1 is 0.528 bits per heavy atom. The molecule has 0 aliphatic rings. The molecule has 1 aromatic carbocycles. The molecule has 0 amide bonds. The normalized spacial score (nSPS) is 11.4. The summed E-state index contributed by atoms with van der Waals surface area (Å²) in [6.07, 6.45) is 35.5. The van der Waals surface area contributed by atoms with E-state index in [0.29, 0.717) is 0 Å². The molecule has 0 N–H and O–H groups in total. The van der Waals surface area contributed by atoms with E-state index >= 15 is 0 Å². The summed E-state index contributed by atoms with van der Waals surface area (Å²) in [7, 11) is 0. The lowest BCUT2D eigenvalue weighted by molar-refractivity contribution is -0.704. The van der Waals surface area contributed by atoms with Crippen LogP contribution in [0.3, 0.4) is 0 Å². The predicted molar refractivity (Wildman–Crippen MR) is 158 cm³/mol. The monoisotopic (exact) mass is 495 g/mol. The zero-order valence-corrected chi connectivity index (χ0v) is 24.2. The summed E-state index contributed by atoms with van der Waals surface area (Å²) < 4.78 is 4.95. The smallest absolute Gasteiger partial charge is 0.234 e. The molecule has 1 aromatic heterocycles. The molecule has 2 aromatic rings. The summed E-state index contributed by atoms with van der Waals surface area (Å²) in [6, 6.07) is 10.9. The van der Waals surface area contributed by atoms with Gasteiger partial charge in [-0.15, -0.1) is 0 Å². The average Bonchev–Trinajstić information content (AvgIpc) is 3.31. The number of benzene rings is 1. The van der Waals surface area contributed by atoms with Crippen LogP contribution in [0.5, 0.6) is 0 Å². The number of nitrogens with zero attached hydrogens (tertiary/aromatic N) is 2. The van der Waals surface area contributed by atoms with Crippen LogP contribution in [0, 0.1) is 0 Å². The Morgan fingerprint density at radius 2 is 0.972 bits per heavy atom. The Kier molecular flexibility index (Phi) is 18.3. The minimum atomic E-state index is 1.17. The number of para-hydroxylation sites is 1. The van der Waals surface area contributed by atoms with Crippen molar-refractivity contribution in [1.82, 2.24) is 4.57 Å². The van der Waals surface area contributed by atoms with E-state index in [4.69, 9.17) is 0 Å². The highest BCUT2D eigenvalue weighted by Crippen LogP contribution is 2.15. The van der Waals surface area contributed by atoms with E-state index < -0.39 is 0 Å². The third kappa shape index (κ3) is 13.7. The molecule has 0 saturated heterocycles. The van der Waals surface area contributed by atoms with Crippen molar-refractivity contribution >= 4 is 0 Å². The summed E-state index contributed by atoms with van der Waals surface area (Å²) in [5.74, 6) is 1.48. The zero-order valence-electron chi connectivity index (χ0n) is 24.2. The van der Waals surface area contributed by atoms with Gasteiger partial charge in [-0.3, -0.25) is 0 Å². The largest absolute Gasteiger partial charge is 0.261 e. The number of hydrogen-bond donors (Lipinski definition) is 0. The Morgan fingerprint density at radius 3 is 1.47 bits per heavy atom. The van der Waals surface area contributed by atoms with Gasteiger partial charge in [0, 0.05) is 6.42 Å². The van der Waals surface area contributed by atoms with Crippen LogP contribution in [0.1, 0.15) is 155 Å². The van der Waals surface area contributed by atoms with Gasteiger partial charge in [0.15, 0.2) is 0 Å². The van der Waals surface area contributed by atoms with Gasteiger partial charge in [0.25, 0.3) is 5.82 Å². The maximum absolute atomic E-state index is 2.53. The third-order valence-electron chi connectivity index (χ3n) is 7.80. The maximum atomic E-state index is 2.53. The molecule has 0 spiro atoms. The Bertz CT molecular complexity index is 733. The SMILES string of the molecule is CCCCCCCCCCCCCCCCCCC[n+]1ccn(-c2ccccc2)c1CCCCCC. The summed E-state index contributed by atoms with van der Waals surface area (Å²) in [5, 5.41) is 0. The number of unbranched alkanes of at least 4 members (excludes halogenated alkanes) is 19. The standard InChI is InChI=1S/C34H59N2/c1-3-5-7-9-10-11-12-13-14-15-16-17-18-19-20-21-26-30-35-31-32-36(33-27-23-22-24-28-33)34(35)29-25-8-6-4-2/h22-24,27-28,31-32H,3-21,25-26,29-30H2,1-2H3/q+1. The van der Waals surface area contributed by atoms with Crippen molar-refractivity contribution in [3.05, 3.63) is 48.5 Å². The van der Waals surface area contributed by atoms with E-state index in [1.807, 2.05) is 0 Å². The predicted octanol–water partition coefficient (Wildman–Crippen LogP) is 10.5. The molecule has 0 unspecified atom stereocenters. The van der Waals surface area contributed by atoms with Crippen LogP contribution in [0.25, 0.3) is 5.69 Å². The highest BCUT2D eigenvalue weighted by Gasteiger charge is 2.18. The van der Waals surface area contributed by atoms with Crippen LogP contribution >= 0.6 is 0 Å². The van der Waals surface area contributed by atoms with Crippen LogP contribution in [-0.4, -0.2) is 4.57 Å². The van der Waals surface area contributed by atoms with Gasteiger partial charge in [0.05, 0.1) is 6.54 Å².